The molecule has 10 nitrogen and oxygen atoms in total. The maximum Gasteiger partial charge on any atom is 0.269 e. The SMILES string of the molecule is NC1CCC(NC(=O)C2Cc3ncn(Cc4ccc([N+](=O)[O-])cc4)c3CN2C(=O)Cc2ccccc2)CC1. The number of aromatic nitrogens is 2. The van der Waals surface area contributed by atoms with E-state index in [9.17, 15) is 19.7 Å². The second kappa shape index (κ2) is 11.1. The number of amides is 2. The zero-order chi connectivity index (χ0) is 26.6. The first-order valence-corrected chi connectivity index (χ1v) is 13.0. The highest BCUT2D eigenvalue weighted by Gasteiger charge is 2.37. The van der Waals surface area contributed by atoms with Crippen LogP contribution in [0.15, 0.2) is 60.9 Å². The molecule has 2 aliphatic rings. The van der Waals surface area contributed by atoms with Crippen LogP contribution in [0.1, 0.15) is 48.2 Å². The molecule has 1 aliphatic carbocycles. The molecule has 1 atom stereocenters. The molecule has 198 valence electrons. The van der Waals surface area contributed by atoms with E-state index in [4.69, 9.17) is 5.73 Å². The number of nitrogens with two attached hydrogens (primary N) is 1. The van der Waals surface area contributed by atoms with Crippen LogP contribution in [0.5, 0.6) is 0 Å². The van der Waals surface area contributed by atoms with Crippen molar-refractivity contribution in [1.82, 2.24) is 19.8 Å². The van der Waals surface area contributed by atoms with Crippen LogP contribution >= 0.6 is 0 Å². The molecular formula is C28H32N6O4. The van der Waals surface area contributed by atoms with Gasteiger partial charge < -0.3 is 20.5 Å². The first kappa shape index (κ1) is 25.6. The van der Waals surface area contributed by atoms with Crippen molar-refractivity contribution in [3.63, 3.8) is 0 Å². The average Bonchev–Trinajstić information content (AvgIpc) is 3.31. The number of nitro benzene ring substituents is 1. The molecule has 0 bridgehead atoms. The van der Waals surface area contributed by atoms with Gasteiger partial charge in [-0.05, 0) is 36.8 Å². The quantitative estimate of drug-likeness (QED) is 0.366. The number of nitrogens with one attached hydrogen (secondary N) is 1. The van der Waals surface area contributed by atoms with Gasteiger partial charge in [0.2, 0.25) is 11.8 Å². The number of hydrogen-bond donors (Lipinski definition) is 2. The van der Waals surface area contributed by atoms with Crippen molar-refractivity contribution in [1.29, 1.82) is 0 Å². The zero-order valence-electron chi connectivity index (χ0n) is 21.2. The van der Waals surface area contributed by atoms with Crippen molar-refractivity contribution >= 4 is 17.5 Å². The van der Waals surface area contributed by atoms with Gasteiger partial charge in [-0.25, -0.2) is 4.98 Å². The molecule has 1 unspecified atom stereocenters. The molecule has 1 aliphatic heterocycles. The van der Waals surface area contributed by atoms with Crippen LogP contribution in [-0.2, 0) is 35.5 Å². The van der Waals surface area contributed by atoms with Crippen LogP contribution in [0.2, 0.25) is 0 Å². The fourth-order valence-electron chi connectivity index (χ4n) is 5.35. The smallest absolute Gasteiger partial charge is 0.269 e. The number of hydrogen-bond acceptors (Lipinski definition) is 6. The van der Waals surface area contributed by atoms with Crippen LogP contribution in [0, 0.1) is 10.1 Å². The summed E-state index contributed by atoms with van der Waals surface area (Å²) in [6.45, 7) is 0.724. The van der Waals surface area contributed by atoms with Crippen LogP contribution in [0.25, 0.3) is 0 Å². The van der Waals surface area contributed by atoms with Gasteiger partial charge in [0.1, 0.15) is 6.04 Å². The number of nitro groups is 1. The third-order valence-corrected chi connectivity index (χ3v) is 7.56. The van der Waals surface area contributed by atoms with Crippen LogP contribution in [0.4, 0.5) is 5.69 Å². The monoisotopic (exact) mass is 516 g/mol. The molecule has 3 N–H and O–H groups in total. The van der Waals surface area contributed by atoms with Crippen LogP contribution in [-0.4, -0.2) is 49.3 Å². The molecule has 1 aromatic heterocycles. The lowest BCUT2D eigenvalue weighted by molar-refractivity contribution is -0.384. The Morgan fingerprint density at radius 2 is 1.74 bits per heavy atom. The van der Waals surface area contributed by atoms with Gasteiger partial charge in [0.25, 0.3) is 5.69 Å². The maximum absolute atomic E-state index is 13.6. The Labute approximate surface area is 221 Å². The fraction of sp³-hybridized carbons (Fsp3) is 0.393. The van der Waals surface area contributed by atoms with E-state index in [1.165, 1.54) is 12.1 Å². The summed E-state index contributed by atoms with van der Waals surface area (Å²) in [5.74, 6) is -0.266. The minimum absolute atomic E-state index is 0.0351. The van der Waals surface area contributed by atoms with E-state index in [-0.39, 0.29) is 42.6 Å². The van der Waals surface area contributed by atoms with Gasteiger partial charge in [0.15, 0.2) is 0 Å². The maximum atomic E-state index is 13.6. The van der Waals surface area contributed by atoms with Crippen LogP contribution in [0.3, 0.4) is 0 Å². The molecule has 10 heteroatoms. The second-order valence-electron chi connectivity index (χ2n) is 10.2. The standard InChI is InChI=1S/C28H32N6O4/c29-21-8-10-22(11-9-21)31-28(36)25-15-24-26(17-33(25)27(35)14-19-4-2-1-3-5-19)32(18-30-24)16-20-6-12-23(13-7-20)34(37)38/h1-7,12-13,18,21-22,25H,8-11,14-17,29H2,(H,31,36). The lowest BCUT2D eigenvalue weighted by Gasteiger charge is -2.36. The highest BCUT2D eigenvalue weighted by Crippen LogP contribution is 2.26. The van der Waals surface area contributed by atoms with Gasteiger partial charge in [0, 0.05) is 37.2 Å². The molecule has 0 spiro atoms. The van der Waals surface area contributed by atoms with E-state index in [1.54, 1.807) is 23.4 Å². The van der Waals surface area contributed by atoms with Crippen molar-refractivity contribution in [2.75, 3.05) is 0 Å². The predicted octanol–water partition coefficient (Wildman–Crippen LogP) is 2.72. The molecule has 0 radical (unpaired) electrons. The summed E-state index contributed by atoms with van der Waals surface area (Å²) in [6.07, 6.45) is 5.69. The average molecular weight is 517 g/mol. The number of imidazole rings is 1. The van der Waals surface area contributed by atoms with E-state index in [1.807, 2.05) is 34.9 Å². The third-order valence-electron chi connectivity index (χ3n) is 7.56. The Balaban J connectivity index is 1.37. The molecule has 0 saturated heterocycles. The highest BCUT2D eigenvalue weighted by atomic mass is 16.6. The van der Waals surface area contributed by atoms with E-state index < -0.39 is 11.0 Å². The second-order valence-corrected chi connectivity index (χ2v) is 10.2. The van der Waals surface area contributed by atoms with Gasteiger partial charge in [-0.2, -0.15) is 0 Å². The van der Waals surface area contributed by atoms with E-state index in [0.717, 1.165) is 48.2 Å². The van der Waals surface area contributed by atoms with Crippen LogP contribution < -0.4 is 11.1 Å². The fourth-order valence-corrected chi connectivity index (χ4v) is 5.35. The number of carbonyl (C=O) groups excluding carboxylic acids is 2. The van der Waals surface area contributed by atoms with E-state index in [2.05, 4.69) is 10.3 Å². The number of nitrogens with zero attached hydrogens (tertiary/aromatic N) is 4. The summed E-state index contributed by atoms with van der Waals surface area (Å²) in [5.41, 5.74) is 9.51. The summed E-state index contributed by atoms with van der Waals surface area (Å²) < 4.78 is 1.95. The number of rotatable bonds is 7. The topological polar surface area (TPSA) is 136 Å². The van der Waals surface area contributed by atoms with Crippen molar-refractivity contribution in [3.8, 4) is 0 Å². The number of fused-ring (bicyclic) bond motifs is 1. The molecule has 38 heavy (non-hydrogen) atoms. The Morgan fingerprint density at radius 1 is 1.03 bits per heavy atom. The van der Waals surface area contributed by atoms with Gasteiger partial charge in [-0.3, -0.25) is 19.7 Å². The number of non-ortho nitro benzene ring substituents is 1. The largest absolute Gasteiger partial charge is 0.352 e. The zero-order valence-corrected chi connectivity index (χ0v) is 21.2. The molecular weight excluding hydrogens is 484 g/mol. The summed E-state index contributed by atoms with van der Waals surface area (Å²) in [6, 6.07) is 15.5. The first-order chi connectivity index (χ1) is 18.4. The van der Waals surface area contributed by atoms with Gasteiger partial charge in [-0.15, -0.1) is 0 Å². The predicted molar refractivity (Wildman–Crippen MR) is 141 cm³/mol. The molecule has 1 saturated carbocycles. The van der Waals surface area contributed by atoms with Crippen molar-refractivity contribution < 1.29 is 14.5 Å². The van der Waals surface area contributed by atoms with Crippen molar-refractivity contribution in [2.24, 2.45) is 5.73 Å². The third kappa shape index (κ3) is 5.75. The Morgan fingerprint density at radius 3 is 2.42 bits per heavy atom. The highest BCUT2D eigenvalue weighted by molar-refractivity contribution is 5.89. The minimum atomic E-state index is -0.642. The van der Waals surface area contributed by atoms with Crippen molar-refractivity contribution in [2.45, 2.75) is 69.7 Å². The molecule has 3 aromatic rings. The lowest BCUT2D eigenvalue weighted by Crippen LogP contribution is -2.55. The molecule has 2 amide bonds. The Bertz CT molecular complexity index is 1300. The molecule has 2 aromatic carbocycles. The number of carbonyl (C=O) groups is 2. The van der Waals surface area contributed by atoms with Gasteiger partial charge in [-0.1, -0.05) is 42.5 Å². The Hall–Kier alpha value is -4.05. The molecule has 5 rings (SSSR count). The Kier molecular flexibility index (Phi) is 7.50. The van der Waals surface area contributed by atoms with Crippen molar-refractivity contribution in [3.05, 3.63) is 93.6 Å². The molecule has 1 fully saturated rings. The summed E-state index contributed by atoms with van der Waals surface area (Å²) in [4.78, 5) is 43.9. The minimum Gasteiger partial charge on any atom is -0.352 e. The van der Waals surface area contributed by atoms with E-state index >= 15 is 0 Å². The summed E-state index contributed by atoms with van der Waals surface area (Å²) in [7, 11) is 0. The van der Waals surface area contributed by atoms with Gasteiger partial charge in [0.05, 0.1) is 35.6 Å². The van der Waals surface area contributed by atoms with E-state index in [0.29, 0.717) is 13.0 Å². The normalized spacial score (nSPS) is 21.0. The van der Waals surface area contributed by atoms with Gasteiger partial charge >= 0.3 is 0 Å². The number of benzene rings is 2. The summed E-state index contributed by atoms with van der Waals surface area (Å²) in [5, 5.41) is 14.2. The molecule has 2 heterocycles. The first-order valence-electron chi connectivity index (χ1n) is 13.0. The summed E-state index contributed by atoms with van der Waals surface area (Å²) >= 11 is 0. The lowest BCUT2D eigenvalue weighted by atomic mass is 9.91.